The first kappa shape index (κ1) is 23.3. The van der Waals surface area contributed by atoms with E-state index < -0.39 is 34.5 Å². The van der Waals surface area contributed by atoms with E-state index >= 15 is 4.39 Å². The summed E-state index contributed by atoms with van der Waals surface area (Å²) in [6.07, 6.45) is 1.06. The molecule has 4 rings (SSSR count). The fourth-order valence-electron chi connectivity index (χ4n) is 3.94. The molecule has 0 N–H and O–H groups in total. The van der Waals surface area contributed by atoms with Crippen LogP contribution in [0.4, 0.5) is 4.39 Å². The average Bonchev–Trinajstić information content (AvgIpc) is 3.08. The van der Waals surface area contributed by atoms with Crippen LogP contribution in [0.25, 0.3) is 16.7 Å². The van der Waals surface area contributed by atoms with Crippen molar-refractivity contribution in [3.05, 3.63) is 66.8 Å². The largest absolute Gasteiger partial charge is 0.425 e. The number of aromatic nitrogens is 3. The summed E-state index contributed by atoms with van der Waals surface area (Å²) in [4.78, 5) is 39.8. The second-order valence-corrected chi connectivity index (χ2v) is 8.79. The number of rotatable bonds is 5. The van der Waals surface area contributed by atoms with Crippen molar-refractivity contribution in [2.75, 3.05) is 12.9 Å². The van der Waals surface area contributed by atoms with Gasteiger partial charge in [-0.2, -0.15) is 0 Å². The summed E-state index contributed by atoms with van der Waals surface area (Å²) in [5.41, 5.74) is -1.50. The normalized spacial score (nSPS) is 17.6. The third kappa shape index (κ3) is 4.11. The first-order chi connectivity index (χ1) is 15.5. The van der Waals surface area contributed by atoms with Crippen molar-refractivity contribution in [2.24, 2.45) is 7.05 Å². The molecule has 3 aromatic rings. The molecule has 33 heavy (non-hydrogen) atoms. The SMILES string of the molecule is CSOc1cc(=O)n(C)c2c1c(=O)n(CC1COC(C)(C)O1)c(=O)n2-c1ccc(C)cc1F. The lowest BCUT2D eigenvalue weighted by atomic mass is 10.2. The number of pyridine rings is 1. The van der Waals surface area contributed by atoms with E-state index in [0.29, 0.717) is 5.56 Å². The molecule has 3 heterocycles. The quantitative estimate of drug-likeness (QED) is 0.520. The van der Waals surface area contributed by atoms with Crippen LogP contribution in [0.1, 0.15) is 19.4 Å². The molecule has 0 spiro atoms. The number of benzene rings is 1. The fraction of sp³-hybridized carbons (Fsp3) is 0.409. The molecule has 1 aliphatic rings. The number of ether oxygens (including phenoxy) is 2. The predicted octanol–water partition coefficient (Wildman–Crippen LogP) is 2.11. The maximum atomic E-state index is 15.0. The van der Waals surface area contributed by atoms with Gasteiger partial charge in [0.2, 0.25) is 0 Å². The highest BCUT2D eigenvalue weighted by atomic mass is 32.2. The predicted molar refractivity (Wildman–Crippen MR) is 123 cm³/mol. The van der Waals surface area contributed by atoms with Crippen molar-refractivity contribution in [2.45, 2.75) is 39.2 Å². The minimum absolute atomic E-state index is 0.00969. The number of aryl methyl sites for hydroxylation is 2. The van der Waals surface area contributed by atoms with Gasteiger partial charge < -0.3 is 13.7 Å². The Morgan fingerprint density at radius 1 is 1.24 bits per heavy atom. The summed E-state index contributed by atoms with van der Waals surface area (Å²) < 4.78 is 35.0. The highest BCUT2D eigenvalue weighted by molar-refractivity contribution is 7.94. The van der Waals surface area contributed by atoms with Crippen LogP contribution in [0.2, 0.25) is 0 Å². The van der Waals surface area contributed by atoms with Crippen molar-refractivity contribution in [1.82, 2.24) is 13.7 Å². The Kier molecular flexibility index (Phi) is 5.97. The van der Waals surface area contributed by atoms with Gasteiger partial charge in [0, 0.05) is 19.4 Å². The average molecular weight is 478 g/mol. The molecular weight excluding hydrogens is 453 g/mol. The Morgan fingerprint density at radius 3 is 2.58 bits per heavy atom. The molecule has 1 saturated heterocycles. The van der Waals surface area contributed by atoms with Gasteiger partial charge in [0.15, 0.2) is 11.5 Å². The van der Waals surface area contributed by atoms with E-state index in [1.807, 2.05) is 0 Å². The molecule has 1 aliphatic heterocycles. The molecule has 0 bridgehead atoms. The molecular formula is C22H24FN3O6S. The van der Waals surface area contributed by atoms with Crippen LogP contribution in [0.5, 0.6) is 5.75 Å². The minimum atomic E-state index is -0.857. The van der Waals surface area contributed by atoms with E-state index in [9.17, 15) is 14.4 Å². The molecule has 176 valence electrons. The van der Waals surface area contributed by atoms with Gasteiger partial charge in [0.25, 0.3) is 11.1 Å². The standard InChI is InChI=1S/C22H24FN3O6S/c1-12-6-7-15(14(23)8-12)26-19-18(16(32-33-5)9-17(27)24(19)4)20(28)25(21(26)29)10-13-11-30-22(2,3)31-13/h6-9,13H,10-11H2,1-5H3. The summed E-state index contributed by atoms with van der Waals surface area (Å²) in [7, 11) is 1.41. The van der Waals surface area contributed by atoms with Crippen LogP contribution in [0.3, 0.4) is 0 Å². The summed E-state index contributed by atoms with van der Waals surface area (Å²) in [6, 6.07) is 5.52. The lowest BCUT2D eigenvalue weighted by Crippen LogP contribution is -2.44. The van der Waals surface area contributed by atoms with Crippen LogP contribution >= 0.6 is 12.0 Å². The van der Waals surface area contributed by atoms with Crippen LogP contribution < -0.4 is 21.0 Å². The van der Waals surface area contributed by atoms with Gasteiger partial charge in [-0.05, 0) is 38.5 Å². The molecule has 0 aliphatic carbocycles. The maximum Gasteiger partial charge on any atom is 0.337 e. The lowest BCUT2D eigenvalue weighted by molar-refractivity contribution is -0.139. The van der Waals surface area contributed by atoms with Crippen molar-refractivity contribution in [3.63, 3.8) is 0 Å². The number of fused-ring (bicyclic) bond motifs is 1. The smallest absolute Gasteiger partial charge is 0.337 e. The van der Waals surface area contributed by atoms with E-state index in [-0.39, 0.29) is 35.6 Å². The molecule has 1 atom stereocenters. The lowest BCUT2D eigenvalue weighted by Gasteiger charge is -2.20. The summed E-state index contributed by atoms with van der Waals surface area (Å²) >= 11 is 0.940. The molecule has 9 nitrogen and oxygen atoms in total. The number of halogens is 1. The Hall–Kier alpha value is -2.89. The monoisotopic (exact) mass is 477 g/mol. The van der Waals surface area contributed by atoms with Crippen LogP contribution in [-0.2, 0) is 23.1 Å². The number of nitrogens with zero attached hydrogens (tertiary/aromatic N) is 3. The molecule has 2 aromatic heterocycles. The highest BCUT2D eigenvalue weighted by Crippen LogP contribution is 2.26. The highest BCUT2D eigenvalue weighted by Gasteiger charge is 2.34. The topological polar surface area (TPSA) is 93.7 Å². The van der Waals surface area contributed by atoms with Gasteiger partial charge in [-0.3, -0.25) is 18.7 Å². The van der Waals surface area contributed by atoms with Gasteiger partial charge in [-0.15, -0.1) is 0 Å². The Balaban J connectivity index is 2.11. The van der Waals surface area contributed by atoms with Gasteiger partial charge in [-0.25, -0.2) is 13.8 Å². The summed E-state index contributed by atoms with van der Waals surface area (Å²) in [5.74, 6) is -1.54. The Bertz CT molecular complexity index is 1420. The minimum Gasteiger partial charge on any atom is -0.425 e. The first-order valence-corrected chi connectivity index (χ1v) is 11.4. The first-order valence-electron chi connectivity index (χ1n) is 10.2. The molecule has 0 amide bonds. The van der Waals surface area contributed by atoms with E-state index in [0.717, 1.165) is 25.7 Å². The molecule has 1 aromatic carbocycles. The molecule has 1 fully saturated rings. The van der Waals surface area contributed by atoms with Gasteiger partial charge >= 0.3 is 5.69 Å². The fourth-order valence-corrected chi connectivity index (χ4v) is 4.25. The third-order valence-corrected chi connectivity index (χ3v) is 5.78. The molecule has 11 heteroatoms. The molecule has 1 unspecified atom stereocenters. The zero-order valence-electron chi connectivity index (χ0n) is 18.9. The van der Waals surface area contributed by atoms with Crippen LogP contribution in [0, 0.1) is 12.7 Å². The van der Waals surface area contributed by atoms with Crippen molar-refractivity contribution >= 4 is 23.1 Å². The zero-order valence-corrected chi connectivity index (χ0v) is 19.7. The molecule has 0 radical (unpaired) electrons. The van der Waals surface area contributed by atoms with Gasteiger partial charge in [0.05, 0.1) is 30.9 Å². The van der Waals surface area contributed by atoms with Gasteiger partial charge in [0.1, 0.15) is 23.0 Å². The van der Waals surface area contributed by atoms with Crippen molar-refractivity contribution in [1.29, 1.82) is 0 Å². The Labute approximate surface area is 192 Å². The Morgan fingerprint density at radius 2 is 1.97 bits per heavy atom. The maximum absolute atomic E-state index is 15.0. The second-order valence-electron chi connectivity index (χ2n) is 8.29. The van der Waals surface area contributed by atoms with Gasteiger partial charge in [-0.1, -0.05) is 6.07 Å². The summed E-state index contributed by atoms with van der Waals surface area (Å²) in [6.45, 7) is 5.24. The third-order valence-electron chi connectivity index (χ3n) is 5.44. The number of hydrogen-bond acceptors (Lipinski definition) is 7. The number of hydrogen-bond donors (Lipinski definition) is 0. The van der Waals surface area contributed by atoms with E-state index in [1.165, 1.54) is 25.2 Å². The van der Waals surface area contributed by atoms with E-state index in [1.54, 1.807) is 33.1 Å². The molecule has 0 saturated carbocycles. The van der Waals surface area contributed by atoms with Crippen LogP contribution in [-0.4, -0.2) is 38.5 Å². The van der Waals surface area contributed by atoms with Crippen LogP contribution in [0.15, 0.2) is 38.6 Å². The zero-order chi connectivity index (χ0) is 24.1. The van der Waals surface area contributed by atoms with Crippen molar-refractivity contribution in [3.8, 4) is 11.4 Å². The van der Waals surface area contributed by atoms with E-state index in [2.05, 4.69) is 0 Å². The second kappa shape index (κ2) is 8.47. The summed E-state index contributed by atoms with van der Waals surface area (Å²) in [5, 5.41) is -0.0239. The van der Waals surface area contributed by atoms with Crippen molar-refractivity contribution < 1.29 is 18.0 Å². The van der Waals surface area contributed by atoms with E-state index in [4.69, 9.17) is 13.7 Å².